The van der Waals surface area contributed by atoms with E-state index in [0.717, 1.165) is 32.3 Å². The van der Waals surface area contributed by atoms with Crippen molar-refractivity contribution in [2.24, 2.45) is 0 Å². The number of imide groups is 1. The summed E-state index contributed by atoms with van der Waals surface area (Å²) in [5.41, 5.74) is 1.14. The molecule has 0 radical (unpaired) electrons. The van der Waals surface area contributed by atoms with E-state index in [4.69, 9.17) is 0 Å². The fourth-order valence-corrected chi connectivity index (χ4v) is 4.35. The zero-order chi connectivity index (χ0) is 16.7. The summed E-state index contributed by atoms with van der Waals surface area (Å²) < 4.78 is 0. The lowest BCUT2D eigenvalue weighted by atomic mass is 9.85. The molecule has 0 unspecified atom stereocenters. The smallest absolute Gasteiger partial charge is 0.258 e. The van der Waals surface area contributed by atoms with Crippen LogP contribution >= 0.6 is 0 Å². The maximum atomic E-state index is 12.3. The molecular weight excluding hydrogens is 310 g/mol. The van der Waals surface area contributed by atoms with Gasteiger partial charge in [0.15, 0.2) is 0 Å². The second kappa shape index (κ2) is 4.14. The fourth-order valence-electron chi connectivity index (χ4n) is 4.35. The molecule has 25 heavy (non-hydrogen) atoms. The molecular formula is C22H11NO2. The van der Waals surface area contributed by atoms with Gasteiger partial charge in [0.05, 0.1) is 0 Å². The van der Waals surface area contributed by atoms with Crippen molar-refractivity contribution in [1.29, 1.82) is 0 Å². The number of carbonyl (C=O) groups is 2. The minimum atomic E-state index is -0.321. The van der Waals surface area contributed by atoms with Crippen LogP contribution < -0.4 is 5.32 Å². The number of benzene rings is 5. The van der Waals surface area contributed by atoms with Gasteiger partial charge in [0, 0.05) is 16.5 Å². The van der Waals surface area contributed by atoms with E-state index < -0.39 is 0 Å². The number of hydrogen-bond acceptors (Lipinski definition) is 2. The highest BCUT2D eigenvalue weighted by Gasteiger charge is 2.27. The third-order valence-electron chi connectivity index (χ3n) is 5.36. The molecule has 0 spiro atoms. The summed E-state index contributed by atoms with van der Waals surface area (Å²) in [6.45, 7) is 0. The third kappa shape index (κ3) is 1.42. The van der Waals surface area contributed by atoms with Gasteiger partial charge in [-0.25, -0.2) is 0 Å². The lowest BCUT2D eigenvalue weighted by molar-refractivity contribution is 0.0845. The van der Waals surface area contributed by atoms with Crippen molar-refractivity contribution >= 4 is 54.9 Å². The number of rotatable bonds is 0. The van der Waals surface area contributed by atoms with Gasteiger partial charge in [0.1, 0.15) is 0 Å². The number of amides is 2. The highest BCUT2D eigenvalue weighted by atomic mass is 16.2. The first-order valence-electron chi connectivity index (χ1n) is 8.22. The fraction of sp³-hybridized carbons (Fsp3) is 0. The van der Waals surface area contributed by atoms with Crippen molar-refractivity contribution in [3.8, 4) is 0 Å². The topological polar surface area (TPSA) is 46.2 Å². The van der Waals surface area contributed by atoms with Crippen LogP contribution in [0.25, 0.3) is 43.1 Å². The Labute approximate surface area is 142 Å². The standard InChI is InChI=1S/C22H11NO2/c24-21-16-9-7-14-12-5-1-3-11-4-2-6-13(18(11)12)15-8-10-17(22(25)23-21)20(16)19(14)15/h1-10H,(H,23,24,25). The van der Waals surface area contributed by atoms with Gasteiger partial charge < -0.3 is 0 Å². The molecule has 1 aliphatic heterocycles. The first kappa shape index (κ1) is 12.9. The molecule has 6 rings (SSSR count). The Hall–Kier alpha value is -3.46. The van der Waals surface area contributed by atoms with Crippen LogP contribution in [-0.2, 0) is 0 Å². The predicted octanol–water partition coefficient (Wildman–Crippen LogP) is 4.62. The zero-order valence-electron chi connectivity index (χ0n) is 13.1. The predicted molar refractivity (Wildman–Crippen MR) is 99.4 cm³/mol. The van der Waals surface area contributed by atoms with Crippen LogP contribution in [0.5, 0.6) is 0 Å². The average molecular weight is 321 g/mol. The molecule has 0 saturated carbocycles. The Morgan fingerprint density at radius 1 is 0.520 bits per heavy atom. The van der Waals surface area contributed by atoms with Gasteiger partial charge in [0.2, 0.25) is 0 Å². The summed E-state index contributed by atoms with van der Waals surface area (Å²) in [7, 11) is 0. The Bertz CT molecular complexity index is 1300. The molecule has 0 atom stereocenters. The van der Waals surface area contributed by atoms with Crippen LogP contribution in [0.3, 0.4) is 0 Å². The summed E-state index contributed by atoms with van der Waals surface area (Å²) in [4.78, 5) is 24.6. The minimum absolute atomic E-state index is 0.321. The summed E-state index contributed by atoms with van der Waals surface area (Å²) in [5.74, 6) is -0.642. The van der Waals surface area contributed by atoms with E-state index in [2.05, 4.69) is 41.7 Å². The molecule has 1 N–H and O–H groups in total. The normalized spacial score (nSPS) is 14.1. The Morgan fingerprint density at radius 3 is 1.60 bits per heavy atom. The SMILES string of the molecule is O=C1NC(=O)c2ccc3c4cccc5cccc(c6ccc1c2c63)c54. The highest BCUT2D eigenvalue weighted by Crippen LogP contribution is 2.42. The Kier molecular flexibility index (Phi) is 2.13. The van der Waals surface area contributed by atoms with E-state index in [1.807, 2.05) is 24.3 Å². The lowest BCUT2D eigenvalue weighted by Gasteiger charge is -2.21. The first-order chi connectivity index (χ1) is 12.2. The number of fused-ring (bicyclic) bond motifs is 2. The maximum absolute atomic E-state index is 12.3. The quantitative estimate of drug-likeness (QED) is 0.257. The molecule has 1 aliphatic rings. The van der Waals surface area contributed by atoms with Crippen LogP contribution in [0.4, 0.5) is 0 Å². The van der Waals surface area contributed by atoms with Gasteiger partial charge in [-0.2, -0.15) is 0 Å². The van der Waals surface area contributed by atoms with Crippen LogP contribution in [0, 0.1) is 0 Å². The van der Waals surface area contributed by atoms with Gasteiger partial charge in [0.25, 0.3) is 11.8 Å². The maximum Gasteiger partial charge on any atom is 0.258 e. The van der Waals surface area contributed by atoms with Crippen LogP contribution in [0.1, 0.15) is 20.7 Å². The molecule has 0 aromatic heterocycles. The van der Waals surface area contributed by atoms with Gasteiger partial charge >= 0.3 is 0 Å². The van der Waals surface area contributed by atoms with Crippen molar-refractivity contribution in [1.82, 2.24) is 5.32 Å². The molecule has 1 heterocycles. The van der Waals surface area contributed by atoms with E-state index in [1.54, 1.807) is 0 Å². The van der Waals surface area contributed by atoms with Crippen LogP contribution in [0.15, 0.2) is 60.7 Å². The van der Waals surface area contributed by atoms with Crippen LogP contribution in [0.2, 0.25) is 0 Å². The second-order valence-electron chi connectivity index (χ2n) is 6.56. The molecule has 3 nitrogen and oxygen atoms in total. The van der Waals surface area contributed by atoms with Gasteiger partial charge in [-0.3, -0.25) is 14.9 Å². The number of carbonyl (C=O) groups excluding carboxylic acids is 2. The summed E-state index contributed by atoms with van der Waals surface area (Å²) >= 11 is 0. The van der Waals surface area contributed by atoms with Crippen molar-refractivity contribution in [3.05, 3.63) is 71.8 Å². The second-order valence-corrected chi connectivity index (χ2v) is 6.56. The van der Waals surface area contributed by atoms with E-state index in [-0.39, 0.29) is 11.8 Å². The molecule has 0 fully saturated rings. The van der Waals surface area contributed by atoms with Crippen molar-refractivity contribution in [2.75, 3.05) is 0 Å². The molecule has 2 amide bonds. The molecule has 3 heteroatoms. The molecule has 5 aromatic carbocycles. The zero-order valence-corrected chi connectivity index (χ0v) is 13.1. The molecule has 0 saturated heterocycles. The number of hydrogen-bond donors (Lipinski definition) is 1. The van der Waals surface area contributed by atoms with Crippen molar-refractivity contribution < 1.29 is 9.59 Å². The summed E-state index contributed by atoms with van der Waals surface area (Å²) in [6, 6.07) is 20.3. The van der Waals surface area contributed by atoms with Gasteiger partial charge in [-0.15, -0.1) is 0 Å². The van der Waals surface area contributed by atoms with Gasteiger partial charge in [-0.1, -0.05) is 48.5 Å². The van der Waals surface area contributed by atoms with E-state index in [9.17, 15) is 9.59 Å². The average Bonchev–Trinajstić information content (AvgIpc) is 2.64. The number of nitrogens with one attached hydrogen (secondary N) is 1. The molecule has 0 aliphatic carbocycles. The Morgan fingerprint density at radius 2 is 1.04 bits per heavy atom. The first-order valence-corrected chi connectivity index (χ1v) is 8.22. The van der Waals surface area contributed by atoms with Gasteiger partial charge in [-0.05, 0) is 49.8 Å². The monoisotopic (exact) mass is 321 g/mol. The highest BCUT2D eigenvalue weighted by molar-refractivity contribution is 6.38. The summed E-state index contributed by atoms with van der Waals surface area (Å²) in [6.07, 6.45) is 0. The molecule has 5 aromatic rings. The minimum Gasteiger partial charge on any atom is -0.288 e. The van der Waals surface area contributed by atoms with Crippen LogP contribution in [-0.4, -0.2) is 11.8 Å². The third-order valence-corrected chi connectivity index (χ3v) is 5.36. The van der Waals surface area contributed by atoms with E-state index in [0.29, 0.717) is 11.1 Å². The van der Waals surface area contributed by atoms with E-state index in [1.165, 1.54) is 10.8 Å². The molecule has 0 bridgehead atoms. The molecule has 116 valence electrons. The largest absolute Gasteiger partial charge is 0.288 e. The Balaban J connectivity index is 2.04. The lowest BCUT2D eigenvalue weighted by Crippen LogP contribution is -2.34. The summed E-state index contributed by atoms with van der Waals surface area (Å²) in [5, 5.41) is 11.1. The van der Waals surface area contributed by atoms with E-state index >= 15 is 0 Å². The van der Waals surface area contributed by atoms with Crippen molar-refractivity contribution in [2.45, 2.75) is 0 Å². The van der Waals surface area contributed by atoms with Crippen molar-refractivity contribution in [3.63, 3.8) is 0 Å².